The van der Waals surface area contributed by atoms with Crippen molar-refractivity contribution in [1.29, 1.82) is 0 Å². The minimum absolute atomic E-state index is 0.256. The highest BCUT2D eigenvalue weighted by Crippen LogP contribution is 2.34. The van der Waals surface area contributed by atoms with E-state index in [-0.39, 0.29) is 5.97 Å². The summed E-state index contributed by atoms with van der Waals surface area (Å²) in [6, 6.07) is 3.53. The molecule has 0 aliphatic carbocycles. The fraction of sp³-hybridized carbons (Fsp3) is 0.462. The zero-order valence-corrected chi connectivity index (χ0v) is 12.0. The Morgan fingerprint density at radius 1 is 1.28 bits per heavy atom. The van der Waals surface area contributed by atoms with Gasteiger partial charge in [-0.25, -0.2) is 0 Å². The van der Waals surface area contributed by atoms with Crippen molar-refractivity contribution >= 4 is 29.2 Å². The van der Waals surface area contributed by atoms with Crippen molar-refractivity contribution in [3.8, 4) is 5.75 Å². The average Bonchev–Trinajstić information content (AvgIpc) is 2.35. The van der Waals surface area contributed by atoms with Gasteiger partial charge in [-0.15, -0.1) is 0 Å². The summed E-state index contributed by atoms with van der Waals surface area (Å²) in [4.78, 5) is 11.1. The van der Waals surface area contributed by atoms with Gasteiger partial charge in [0.1, 0.15) is 0 Å². The van der Waals surface area contributed by atoms with E-state index in [0.29, 0.717) is 35.2 Å². The second-order valence-corrected chi connectivity index (χ2v) is 4.63. The Labute approximate surface area is 117 Å². The van der Waals surface area contributed by atoms with Crippen molar-refractivity contribution < 1.29 is 14.3 Å². The lowest BCUT2D eigenvalue weighted by molar-refractivity contribution is -0.140. The maximum atomic E-state index is 11.1. The summed E-state index contributed by atoms with van der Waals surface area (Å²) in [5.74, 6) is 0.246. The summed E-state index contributed by atoms with van der Waals surface area (Å²) < 4.78 is 10.0. The molecular weight excluding hydrogens is 275 g/mol. The van der Waals surface area contributed by atoms with Gasteiger partial charge in [0, 0.05) is 6.42 Å². The van der Waals surface area contributed by atoms with Crippen LogP contribution in [0.1, 0.15) is 25.3 Å². The molecule has 0 saturated heterocycles. The number of esters is 1. The molecule has 1 aromatic carbocycles. The predicted octanol–water partition coefficient (Wildman–Crippen LogP) is 3.89. The summed E-state index contributed by atoms with van der Waals surface area (Å²) in [7, 11) is 1.37. The summed E-state index contributed by atoms with van der Waals surface area (Å²) >= 11 is 12.2. The Morgan fingerprint density at radius 3 is 2.39 bits per heavy atom. The van der Waals surface area contributed by atoms with Crippen LogP contribution in [-0.4, -0.2) is 19.7 Å². The molecule has 5 heteroatoms. The molecule has 0 bridgehead atoms. The Hall–Kier alpha value is -0.930. The summed E-state index contributed by atoms with van der Waals surface area (Å²) in [6.07, 6.45) is 1.73. The molecule has 3 nitrogen and oxygen atoms in total. The zero-order valence-electron chi connectivity index (χ0n) is 10.5. The van der Waals surface area contributed by atoms with Crippen LogP contribution in [0.3, 0.4) is 0 Å². The van der Waals surface area contributed by atoms with Crippen molar-refractivity contribution in [3.05, 3.63) is 27.7 Å². The predicted molar refractivity (Wildman–Crippen MR) is 72.6 cm³/mol. The van der Waals surface area contributed by atoms with Crippen LogP contribution in [0, 0.1) is 0 Å². The van der Waals surface area contributed by atoms with Gasteiger partial charge < -0.3 is 9.47 Å². The lowest BCUT2D eigenvalue weighted by Gasteiger charge is -2.11. The van der Waals surface area contributed by atoms with E-state index in [1.165, 1.54) is 7.11 Å². The highest BCUT2D eigenvalue weighted by molar-refractivity contribution is 6.37. The first-order valence-electron chi connectivity index (χ1n) is 5.76. The van der Waals surface area contributed by atoms with E-state index in [0.717, 1.165) is 12.0 Å². The number of ether oxygens (including phenoxy) is 2. The number of rotatable bonds is 6. The Morgan fingerprint density at radius 2 is 1.89 bits per heavy atom. The van der Waals surface area contributed by atoms with Crippen molar-refractivity contribution in [2.75, 3.05) is 13.7 Å². The Bertz CT molecular complexity index is 396. The van der Waals surface area contributed by atoms with Crippen molar-refractivity contribution in [1.82, 2.24) is 0 Å². The summed E-state index contributed by atoms with van der Waals surface area (Å²) in [5.41, 5.74) is 0.888. The number of aryl methyl sites for hydroxylation is 1. The van der Waals surface area contributed by atoms with Crippen molar-refractivity contribution in [2.45, 2.75) is 26.2 Å². The fourth-order valence-corrected chi connectivity index (χ4v) is 2.09. The molecular formula is C13H16Cl2O3. The molecule has 1 rings (SSSR count). The van der Waals surface area contributed by atoms with Crippen LogP contribution >= 0.6 is 23.2 Å². The molecule has 0 N–H and O–H groups in total. The highest BCUT2D eigenvalue weighted by Gasteiger charge is 2.10. The summed E-state index contributed by atoms with van der Waals surface area (Å²) in [5, 5.41) is 0.937. The van der Waals surface area contributed by atoms with Crippen LogP contribution in [-0.2, 0) is 16.0 Å². The molecule has 0 amide bonds. The minimum Gasteiger partial charge on any atom is -0.490 e. The monoisotopic (exact) mass is 290 g/mol. The standard InChI is InChI=1S/C13H16Cl2O3/c1-3-6-18-13-10(14)7-9(8-11(13)15)4-5-12(16)17-2/h7-8H,3-6H2,1-2H3. The van der Waals surface area contributed by atoms with Crippen LogP contribution in [0.5, 0.6) is 5.75 Å². The first kappa shape index (κ1) is 15.1. The third kappa shape index (κ3) is 4.39. The first-order valence-corrected chi connectivity index (χ1v) is 6.51. The Balaban J connectivity index is 2.75. The molecule has 18 heavy (non-hydrogen) atoms. The van der Waals surface area contributed by atoms with Crippen molar-refractivity contribution in [2.24, 2.45) is 0 Å². The average molecular weight is 291 g/mol. The SMILES string of the molecule is CCCOc1c(Cl)cc(CCC(=O)OC)cc1Cl. The van der Waals surface area contributed by atoms with Gasteiger partial charge in [-0.3, -0.25) is 4.79 Å². The molecule has 0 atom stereocenters. The van der Waals surface area contributed by atoms with Gasteiger partial charge in [0.05, 0.1) is 23.8 Å². The van der Waals surface area contributed by atoms with E-state index in [2.05, 4.69) is 4.74 Å². The molecule has 0 spiro atoms. The third-order valence-corrected chi connectivity index (χ3v) is 2.92. The maximum absolute atomic E-state index is 11.1. The smallest absolute Gasteiger partial charge is 0.305 e. The number of carbonyl (C=O) groups is 1. The number of hydrogen-bond donors (Lipinski definition) is 0. The van der Waals surface area contributed by atoms with Gasteiger partial charge in [-0.1, -0.05) is 30.1 Å². The van der Waals surface area contributed by atoms with Gasteiger partial charge in [-0.2, -0.15) is 0 Å². The molecule has 0 heterocycles. The van der Waals surface area contributed by atoms with Crippen LogP contribution in [0.25, 0.3) is 0 Å². The highest BCUT2D eigenvalue weighted by atomic mass is 35.5. The lowest BCUT2D eigenvalue weighted by Crippen LogP contribution is -2.02. The van der Waals surface area contributed by atoms with E-state index in [1.54, 1.807) is 12.1 Å². The van der Waals surface area contributed by atoms with Gasteiger partial charge in [-0.05, 0) is 30.5 Å². The number of hydrogen-bond acceptors (Lipinski definition) is 3. The molecule has 0 aliphatic rings. The van der Waals surface area contributed by atoms with Gasteiger partial charge in [0.25, 0.3) is 0 Å². The quantitative estimate of drug-likeness (QED) is 0.746. The Kier molecular flexibility index (Phi) is 6.30. The molecule has 0 aliphatic heterocycles. The molecule has 0 aromatic heterocycles. The van der Waals surface area contributed by atoms with E-state index in [1.807, 2.05) is 6.92 Å². The number of carbonyl (C=O) groups excluding carboxylic acids is 1. The zero-order chi connectivity index (χ0) is 13.5. The van der Waals surface area contributed by atoms with Crippen molar-refractivity contribution in [3.63, 3.8) is 0 Å². The second kappa shape index (κ2) is 7.49. The lowest BCUT2D eigenvalue weighted by atomic mass is 10.1. The molecule has 100 valence electrons. The van der Waals surface area contributed by atoms with Gasteiger partial charge in [0.2, 0.25) is 0 Å². The number of methoxy groups -OCH3 is 1. The number of halogens is 2. The summed E-state index contributed by atoms with van der Waals surface area (Å²) in [6.45, 7) is 2.58. The number of benzene rings is 1. The van der Waals surface area contributed by atoms with Crippen LogP contribution in [0.2, 0.25) is 10.0 Å². The van der Waals surface area contributed by atoms with E-state index >= 15 is 0 Å². The second-order valence-electron chi connectivity index (χ2n) is 3.81. The minimum atomic E-state index is -0.256. The molecule has 0 unspecified atom stereocenters. The maximum Gasteiger partial charge on any atom is 0.305 e. The van der Waals surface area contributed by atoms with Crippen LogP contribution < -0.4 is 4.74 Å². The normalized spacial score (nSPS) is 10.2. The fourth-order valence-electron chi connectivity index (χ4n) is 1.45. The van der Waals surface area contributed by atoms with Crippen LogP contribution in [0.15, 0.2) is 12.1 Å². The molecule has 1 aromatic rings. The van der Waals surface area contributed by atoms with E-state index in [4.69, 9.17) is 27.9 Å². The molecule has 0 radical (unpaired) electrons. The largest absolute Gasteiger partial charge is 0.490 e. The van der Waals surface area contributed by atoms with E-state index < -0.39 is 0 Å². The molecule has 0 saturated carbocycles. The topological polar surface area (TPSA) is 35.5 Å². The van der Waals surface area contributed by atoms with E-state index in [9.17, 15) is 4.79 Å². The van der Waals surface area contributed by atoms with Crippen LogP contribution in [0.4, 0.5) is 0 Å². The van der Waals surface area contributed by atoms with Gasteiger partial charge >= 0.3 is 5.97 Å². The first-order chi connectivity index (χ1) is 8.58. The molecule has 0 fully saturated rings. The van der Waals surface area contributed by atoms with Gasteiger partial charge in [0.15, 0.2) is 5.75 Å². The third-order valence-electron chi connectivity index (χ3n) is 2.35.